The summed E-state index contributed by atoms with van der Waals surface area (Å²) >= 11 is 1.49. The number of fused-ring (bicyclic) bond motifs is 1. The third-order valence-electron chi connectivity index (χ3n) is 5.56. The highest BCUT2D eigenvalue weighted by atomic mass is 32.2. The van der Waals surface area contributed by atoms with Crippen molar-refractivity contribution in [1.82, 2.24) is 4.98 Å². The number of carbonyl (C=O) groups excluding carboxylic acids is 1. The van der Waals surface area contributed by atoms with E-state index >= 15 is 0 Å². The maximum Gasteiger partial charge on any atom is 0.260 e. The van der Waals surface area contributed by atoms with E-state index in [4.69, 9.17) is 4.98 Å². The molecule has 4 aromatic rings. The van der Waals surface area contributed by atoms with Gasteiger partial charge < -0.3 is 0 Å². The molecule has 3 aromatic carbocycles. The zero-order valence-electron chi connectivity index (χ0n) is 18.9. The molecule has 170 valence electrons. The van der Waals surface area contributed by atoms with Gasteiger partial charge in [0.15, 0.2) is 15.0 Å². The molecule has 0 fully saturated rings. The lowest BCUT2D eigenvalue weighted by Crippen LogP contribution is -2.30. The molecular weight excluding hydrogens is 452 g/mol. The van der Waals surface area contributed by atoms with Gasteiger partial charge in [0.1, 0.15) is 0 Å². The van der Waals surface area contributed by atoms with Crippen molar-refractivity contribution < 1.29 is 13.2 Å². The Morgan fingerprint density at radius 2 is 1.67 bits per heavy atom. The first kappa shape index (κ1) is 23.1. The zero-order valence-corrected chi connectivity index (χ0v) is 20.5. The van der Waals surface area contributed by atoms with Crippen molar-refractivity contribution >= 4 is 42.4 Å². The minimum Gasteiger partial charge on any atom is -0.279 e. The van der Waals surface area contributed by atoms with Gasteiger partial charge in [0.25, 0.3) is 5.91 Å². The first-order chi connectivity index (χ1) is 15.8. The molecule has 0 aliphatic heterocycles. The Morgan fingerprint density at radius 3 is 2.30 bits per heavy atom. The number of thiazole rings is 1. The maximum absolute atomic E-state index is 13.6. The molecule has 1 amide bonds. The molecule has 0 radical (unpaired) electrons. The molecule has 0 bridgehead atoms. The lowest BCUT2D eigenvalue weighted by Gasteiger charge is -2.20. The summed E-state index contributed by atoms with van der Waals surface area (Å²) in [5.74, 6) is -0.220. The highest BCUT2D eigenvalue weighted by molar-refractivity contribution is 7.92. The second kappa shape index (κ2) is 9.45. The zero-order chi connectivity index (χ0) is 23.6. The van der Waals surface area contributed by atoms with Gasteiger partial charge in [0.2, 0.25) is 0 Å². The third-order valence-corrected chi connectivity index (χ3v) is 8.77. The van der Waals surface area contributed by atoms with E-state index < -0.39 is 15.1 Å². The van der Waals surface area contributed by atoms with E-state index in [1.54, 1.807) is 30.9 Å². The van der Waals surface area contributed by atoms with Crippen LogP contribution < -0.4 is 4.90 Å². The summed E-state index contributed by atoms with van der Waals surface area (Å²) in [6.07, 6.45) is 0.932. The Hall–Kier alpha value is -3.03. The Balaban J connectivity index is 1.72. The molecule has 1 aromatic heterocycles. The molecule has 0 saturated heterocycles. The molecule has 7 heteroatoms. The van der Waals surface area contributed by atoms with Crippen LogP contribution in [-0.2, 0) is 22.8 Å². The first-order valence-corrected chi connectivity index (χ1v) is 13.2. The van der Waals surface area contributed by atoms with Crippen LogP contribution in [0.5, 0.6) is 0 Å². The molecule has 33 heavy (non-hydrogen) atoms. The number of hydrogen-bond acceptors (Lipinski definition) is 5. The van der Waals surface area contributed by atoms with E-state index in [2.05, 4.69) is 19.1 Å². The van der Waals surface area contributed by atoms with Crippen LogP contribution in [0.3, 0.4) is 0 Å². The monoisotopic (exact) mass is 478 g/mol. The van der Waals surface area contributed by atoms with Crippen LogP contribution in [0, 0.1) is 0 Å². The van der Waals surface area contributed by atoms with Gasteiger partial charge in [0, 0.05) is 5.56 Å². The fourth-order valence-corrected chi connectivity index (χ4v) is 5.59. The van der Waals surface area contributed by atoms with Gasteiger partial charge in [-0.1, -0.05) is 54.7 Å². The van der Waals surface area contributed by atoms with Crippen molar-refractivity contribution in [3.63, 3.8) is 0 Å². The standard InChI is InChI=1S/C26H26N2O3S2/c1-4-19-10-15-23-24(16-19)32-26(27-23)28(17-20-8-6-5-7-9-20)25(29)21-11-13-22(14-12-21)33(30,31)18(2)3/h5-16,18H,4,17H2,1-3H3. The SMILES string of the molecule is CCc1ccc2nc(N(Cc3ccccc3)C(=O)c3ccc(S(=O)(=O)C(C)C)cc3)sc2c1. The summed E-state index contributed by atoms with van der Waals surface area (Å²) < 4.78 is 26.0. The quantitative estimate of drug-likeness (QED) is 0.332. The van der Waals surface area contributed by atoms with Gasteiger partial charge in [-0.15, -0.1) is 0 Å². The second-order valence-electron chi connectivity index (χ2n) is 8.15. The van der Waals surface area contributed by atoms with Gasteiger partial charge in [0.05, 0.1) is 26.9 Å². The van der Waals surface area contributed by atoms with E-state index in [0.717, 1.165) is 22.2 Å². The summed E-state index contributed by atoms with van der Waals surface area (Å²) in [4.78, 5) is 20.2. The van der Waals surface area contributed by atoms with E-state index in [1.165, 1.54) is 29.0 Å². The number of rotatable bonds is 7. The smallest absolute Gasteiger partial charge is 0.260 e. The molecule has 0 aliphatic carbocycles. The van der Waals surface area contributed by atoms with Crippen LogP contribution >= 0.6 is 11.3 Å². The lowest BCUT2D eigenvalue weighted by atomic mass is 10.1. The number of sulfone groups is 1. The second-order valence-corrected chi connectivity index (χ2v) is 11.7. The largest absolute Gasteiger partial charge is 0.279 e. The molecule has 4 rings (SSSR count). The number of benzene rings is 3. The average molecular weight is 479 g/mol. The fraction of sp³-hybridized carbons (Fsp3) is 0.231. The minimum atomic E-state index is -3.40. The van der Waals surface area contributed by atoms with Gasteiger partial charge in [-0.05, 0) is 67.8 Å². The Labute approximate surface area is 198 Å². The van der Waals surface area contributed by atoms with Gasteiger partial charge >= 0.3 is 0 Å². The van der Waals surface area contributed by atoms with Crippen LogP contribution in [-0.4, -0.2) is 24.6 Å². The predicted molar refractivity (Wildman–Crippen MR) is 135 cm³/mol. The summed E-state index contributed by atoms with van der Waals surface area (Å²) in [6, 6.07) is 22.1. The van der Waals surface area contributed by atoms with Crippen molar-refractivity contribution in [3.05, 3.63) is 89.5 Å². The Kier molecular flexibility index (Phi) is 6.63. The number of amides is 1. The van der Waals surface area contributed by atoms with Crippen LogP contribution in [0.15, 0.2) is 77.7 Å². The molecule has 0 atom stereocenters. The fourth-order valence-electron chi connectivity index (χ4n) is 3.50. The molecule has 0 aliphatic rings. The van der Waals surface area contributed by atoms with Gasteiger partial charge in [-0.25, -0.2) is 13.4 Å². The van der Waals surface area contributed by atoms with Crippen LogP contribution in [0.1, 0.15) is 42.3 Å². The number of nitrogens with zero attached hydrogens (tertiary/aromatic N) is 2. The topological polar surface area (TPSA) is 67.3 Å². The van der Waals surface area contributed by atoms with E-state index in [9.17, 15) is 13.2 Å². The Bertz CT molecular complexity index is 1380. The molecule has 0 unspecified atom stereocenters. The van der Waals surface area contributed by atoms with E-state index in [-0.39, 0.29) is 10.8 Å². The van der Waals surface area contributed by atoms with Crippen molar-refractivity contribution in [3.8, 4) is 0 Å². The average Bonchev–Trinajstić information content (AvgIpc) is 3.25. The molecular formula is C26H26N2O3S2. The van der Waals surface area contributed by atoms with Crippen molar-refractivity contribution in [1.29, 1.82) is 0 Å². The van der Waals surface area contributed by atoms with Crippen molar-refractivity contribution in [2.24, 2.45) is 0 Å². The highest BCUT2D eigenvalue weighted by Gasteiger charge is 2.24. The van der Waals surface area contributed by atoms with Gasteiger partial charge in [-0.2, -0.15) is 0 Å². The van der Waals surface area contributed by atoms with Crippen LogP contribution in [0.4, 0.5) is 5.13 Å². The highest BCUT2D eigenvalue weighted by Crippen LogP contribution is 2.32. The minimum absolute atomic E-state index is 0.218. The van der Waals surface area contributed by atoms with E-state index in [0.29, 0.717) is 17.2 Å². The summed E-state index contributed by atoms with van der Waals surface area (Å²) in [5, 5.41) is 0.0929. The number of carbonyl (C=O) groups is 1. The van der Waals surface area contributed by atoms with Crippen LogP contribution in [0.2, 0.25) is 0 Å². The molecule has 1 heterocycles. The van der Waals surface area contributed by atoms with Crippen molar-refractivity contribution in [2.75, 3.05) is 4.90 Å². The predicted octanol–water partition coefficient (Wildman–Crippen LogP) is 5.89. The van der Waals surface area contributed by atoms with Crippen molar-refractivity contribution in [2.45, 2.75) is 43.9 Å². The molecule has 0 N–H and O–H groups in total. The lowest BCUT2D eigenvalue weighted by molar-refractivity contribution is 0.0985. The molecule has 5 nitrogen and oxygen atoms in total. The summed E-state index contributed by atoms with van der Waals surface area (Å²) in [7, 11) is -3.40. The van der Waals surface area contributed by atoms with Gasteiger partial charge in [-0.3, -0.25) is 9.69 Å². The summed E-state index contributed by atoms with van der Waals surface area (Å²) in [6.45, 7) is 5.77. The first-order valence-electron chi connectivity index (χ1n) is 10.9. The normalized spacial score (nSPS) is 11.8. The third kappa shape index (κ3) is 4.84. The van der Waals surface area contributed by atoms with Crippen LogP contribution in [0.25, 0.3) is 10.2 Å². The Morgan fingerprint density at radius 1 is 0.970 bits per heavy atom. The maximum atomic E-state index is 13.6. The number of hydrogen-bond donors (Lipinski definition) is 0. The molecule has 0 saturated carbocycles. The molecule has 0 spiro atoms. The summed E-state index contributed by atoms with van der Waals surface area (Å²) in [5.41, 5.74) is 3.48. The number of aryl methyl sites for hydroxylation is 1. The number of aromatic nitrogens is 1. The van der Waals surface area contributed by atoms with E-state index in [1.807, 2.05) is 36.4 Å². The number of anilines is 1.